The Morgan fingerprint density at radius 3 is 3.20 bits per heavy atom. The maximum atomic E-state index is 5.72. The van der Waals surface area contributed by atoms with E-state index in [1.807, 2.05) is 0 Å². The van der Waals surface area contributed by atoms with E-state index >= 15 is 0 Å². The Labute approximate surface area is 116 Å². The van der Waals surface area contributed by atoms with Gasteiger partial charge in [-0.1, -0.05) is 0 Å². The molecule has 0 aliphatic heterocycles. The highest BCUT2D eigenvalue weighted by Gasteiger charge is 2.12. The van der Waals surface area contributed by atoms with Crippen molar-refractivity contribution in [1.29, 1.82) is 0 Å². The highest BCUT2D eigenvalue weighted by Crippen LogP contribution is 2.30. The molecule has 7 nitrogen and oxygen atoms in total. The molecule has 20 heavy (non-hydrogen) atoms. The van der Waals surface area contributed by atoms with Crippen molar-refractivity contribution in [3.8, 4) is 0 Å². The maximum absolute atomic E-state index is 5.72. The summed E-state index contributed by atoms with van der Waals surface area (Å²) in [5, 5.41) is 9.05. The summed E-state index contributed by atoms with van der Waals surface area (Å²) in [5.74, 6) is 0. The Morgan fingerprint density at radius 1 is 1.30 bits per heavy atom. The van der Waals surface area contributed by atoms with Gasteiger partial charge >= 0.3 is 0 Å². The number of benzene rings is 1. The number of hydrogen-bond acceptors (Lipinski definition) is 7. The van der Waals surface area contributed by atoms with Crippen LogP contribution < -0.4 is 5.73 Å². The van der Waals surface area contributed by atoms with E-state index in [0.717, 1.165) is 5.52 Å². The molecule has 0 fully saturated rings. The number of hydrogen-bond donors (Lipinski definition) is 1. The van der Waals surface area contributed by atoms with Crippen molar-refractivity contribution in [2.75, 3.05) is 5.73 Å². The van der Waals surface area contributed by atoms with Crippen molar-refractivity contribution in [3.05, 3.63) is 36.9 Å². The molecule has 98 valence electrons. The average molecular weight is 284 g/mol. The van der Waals surface area contributed by atoms with E-state index in [4.69, 9.17) is 10.2 Å². The van der Waals surface area contributed by atoms with E-state index in [1.165, 1.54) is 11.8 Å². The smallest absolute Gasteiger partial charge is 0.263 e. The second kappa shape index (κ2) is 4.20. The van der Waals surface area contributed by atoms with E-state index in [2.05, 4.69) is 20.2 Å². The van der Waals surface area contributed by atoms with Gasteiger partial charge in [0.05, 0.1) is 0 Å². The van der Waals surface area contributed by atoms with Crippen molar-refractivity contribution in [2.24, 2.45) is 0 Å². The molecule has 4 rings (SSSR count). The molecule has 0 saturated heterocycles. The Hall–Kier alpha value is -2.61. The van der Waals surface area contributed by atoms with Crippen LogP contribution in [0.5, 0.6) is 0 Å². The van der Waals surface area contributed by atoms with Crippen LogP contribution in [-0.4, -0.2) is 24.6 Å². The predicted molar refractivity (Wildman–Crippen MR) is 73.3 cm³/mol. The summed E-state index contributed by atoms with van der Waals surface area (Å²) in [4.78, 5) is 8.66. The molecular weight excluding hydrogens is 276 g/mol. The first-order valence-corrected chi connectivity index (χ1v) is 6.59. The number of aromatic nitrogens is 5. The lowest BCUT2D eigenvalue weighted by atomic mass is 10.3. The van der Waals surface area contributed by atoms with Crippen LogP contribution in [0, 0.1) is 0 Å². The van der Waals surface area contributed by atoms with E-state index in [-0.39, 0.29) is 0 Å². The molecule has 3 heterocycles. The molecule has 8 heteroatoms. The molecule has 3 aromatic heterocycles. The first kappa shape index (κ1) is 11.2. The molecule has 0 saturated carbocycles. The molecule has 0 amide bonds. The fourth-order valence-corrected chi connectivity index (χ4v) is 2.65. The zero-order valence-corrected chi connectivity index (χ0v) is 10.9. The van der Waals surface area contributed by atoms with Gasteiger partial charge in [0.15, 0.2) is 16.3 Å². The molecule has 1 aromatic carbocycles. The number of nitrogens with zero attached hydrogens (tertiary/aromatic N) is 5. The first-order chi connectivity index (χ1) is 9.79. The van der Waals surface area contributed by atoms with Crippen LogP contribution >= 0.6 is 11.8 Å². The van der Waals surface area contributed by atoms with Gasteiger partial charge in [-0.3, -0.25) is 4.40 Å². The lowest BCUT2D eigenvalue weighted by molar-refractivity contribution is 0.489. The quantitative estimate of drug-likeness (QED) is 0.562. The summed E-state index contributed by atoms with van der Waals surface area (Å²) < 4.78 is 7.44. The van der Waals surface area contributed by atoms with E-state index in [1.54, 1.807) is 41.3 Å². The summed E-state index contributed by atoms with van der Waals surface area (Å²) in [6, 6.07) is 5.35. The van der Waals surface area contributed by atoms with Crippen molar-refractivity contribution in [2.45, 2.75) is 10.2 Å². The van der Waals surface area contributed by atoms with Crippen LogP contribution in [0.15, 0.2) is 51.6 Å². The summed E-state index contributed by atoms with van der Waals surface area (Å²) in [5.41, 5.74) is 8.46. The second-order valence-electron chi connectivity index (χ2n) is 4.10. The average Bonchev–Trinajstić information content (AvgIpc) is 3.04. The fraction of sp³-hybridized carbons (Fsp3) is 0. The van der Waals surface area contributed by atoms with Crippen molar-refractivity contribution in [1.82, 2.24) is 24.6 Å². The zero-order chi connectivity index (χ0) is 13.5. The van der Waals surface area contributed by atoms with Crippen molar-refractivity contribution >= 4 is 34.2 Å². The predicted octanol–water partition coefficient (Wildman–Crippen LogP) is 2.00. The fourth-order valence-electron chi connectivity index (χ4n) is 1.86. The Balaban J connectivity index is 1.78. The number of rotatable bonds is 2. The van der Waals surface area contributed by atoms with Gasteiger partial charge in [0.25, 0.3) is 5.22 Å². The van der Waals surface area contributed by atoms with E-state index in [9.17, 15) is 0 Å². The normalized spacial score (nSPS) is 11.4. The zero-order valence-electron chi connectivity index (χ0n) is 10.1. The standard InChI is InChI=1S/C12H8N6OS/c13-7-1-2-9-8(5-7)16-12(19-9)20-11-10-17-15-6-18(10)4-3-14-11/h1-6H,13H2. The summed E-state index contributed by atoms with van der Waals surface area (Å²) in [7, 11) is 0. The van der Waals surface area contributed by atoms with Crippen LogP contribution in [0.25, 0.3) is 16.7 Å². The molecule has 0 aliphatic rings. The number of fused-ring (bicyclic) bond motifs is 2. The van der Waals surface area contributed by atoms with Gasteiger partial charge in [-0.05, 0) is 30.0 Å². The molecule has 0 bridgehead atoms. The van der Waals surface area contributed by atoms with Crippen molar-refractivity contribution < 1.29 is 4.42 Å². The van der Waals surface area contributed by atoms with Crippen molar-refractivity contribution in [3.63, 3.8) is 0 Å². The first-order valence-electron chi connectivity index (χ1n) is 5.78. The molecule has 0 unspecified atom stereocenters. The maximum Gasteiger partial charge on any atom is 0.263 e. The molecule has 0 aliphatic carbocycles. The van der Waals surface area contributed by atoms with Gasteiger partial charge in [-0.15, -0.1) is 10.2 Å². The lowest BCUT2D eigenvalue weighted by Gasteiger charge is -1.97. The van der Waals surface area contributed by atoms with Crippen LogP contribution in [0.4, 0.5) is 5.69 Å². The van der Waals surface area contributed by atoms with Crippen LogP contribution in [0.2, 0.25) is 0 Å². The third kappa shape index (κ3) is 1.77. The van der Waals surface area contributed by atoms with Crippen LogP contribution in [0.1, 0.15) is 0 Å². The summed E-state index contributed by atoms with van der Waals surface area (Å²) >= 11 is 1.30. The highest BCUT2D eigenvalue weighted by molar-refractivity contribution is 7.99. The summed E-state index contributed by atoms with van der Waals surface area (Å²) in [6.07, 6.45) is 5.08. The minimum atomic E-state index is 0.495. The molecule has 4 aromatic rings. The molecule has 0 radical (unpaired) electrons. The van der Waals surface area contributed by atoms with Gasteiger partial charge in [0.2, 0.25) is 0 Å². The van der Waals surface area contributed by atoms with E-state index < -0.39 is 0 Å². The van der Waals surface area contributed by atoms with Gasteiger partial charge < -0.3 is 10.2 Å². The van der Waals surface area contributed by atoms with Gasteiger partial charge in [-0.25, -0.2) is 9.97 Å². The van der Waals surface area contributed by atoms with Gasteiger partial charge in [0.1, 0.15) is 11.8 Å². The number of oxazole rings is 1. The third-order valence-electron chi connectivity index (χ3n) is 2.76. The van der Waals surface area contributed by atoms with Gasteiger partial charge in [0, 0.05) is 18.1 Å². The van der Waals surface area contributed by atoms with E-state index in [0.29, 0.717) is 27.2 Å². The minimum absolute atomic E-state index is 0.495. The monoisotopic (exact) mass is 284 g/mol. The molecular formula is C12H8N6OS. The lowest BCUT2D eigenvalue weighted by Crippen LogP contribution is -1.89. The van der Waals surface area contributed by atoms with Crippen LogP contribution in [0.3, 0.4) is 0 Å². The summed E-state index contributed by atoms with van der Waals surface area (Å²) in [6.45, 7) is 0. The number of nitrogen functional groups attached to an aromatic ring is 1. The molecule has 0 atom stereocenters. The highest BCUT2D eigenvalue weighted by atomic mass is 32.2. The largest absolute Gasteiger partial charge is 0.431 e. The topological polar surface area (TPSA) is 95.1 Å². The molecule has 2 N–H and O–H groups in total. The number of nitrogens with two attached hydrogens (primary N) is 1. The molecule has 0 spiro atoms. The SMILES string of the molecule is Nc1ccc2oc(Sc3nccn4cnnc34)nc2c1. The third-order valence-corrected chi connectivity index (χ3v) is 3.59. The Kier molecular flexibility index (Phi) is 2.36. The van der Waals surface area contributed by atoms with Crippen LogP contribution in [-0.2, 0) is 0 Å². The Morgan fingerprint density at radius 2 is 2.25 bits per heavy atom. The number of anilines is 1. The van der Waals surface area contributed by atoms with Gasteiger partial charge in [-0.2, -0.15) is 0 Å². The Bertz CT molecular complexity index is 915. The minimum Gasteiger partial charge on any atom is -0.431 e. The second-order valence-corrected chi connectivity index (χ2v) is 5.04.